The third-order valence-corrected chi connectivity index (χ3v) is 4.69. The molecule has 0 saturated heterocycles. The van der Waals surface area contributed by atoms with E-state index in [2.05, 4.69) is 10.6 Å². The van der Waals surface area contributed by atoms with Crippen molar-refractivity contribution in [2.75, 3.05) is 5.73 Å². The van der Waals surface area contributed by atoms with Crippen LogP contribution in [0.1, 0.15) is 13.3 Å². The highest BCUT2D eigenvalue weighted by molar-refractivity contribution is 7.91. The van der Waals surface area contributed by atoms with Crippen molar-refractivity contribution < 1.29 is 8.42 Å². The Bertz CT molecular complexity index is 471. The molecule has 1 atom stereocenters. The summed E-state index contributed by atoms with van der Waals surface area (Å²) in [6.07, 6.45) is 5.45. The van der Waals surface area contributed by atoms with Crippen LogP contribution in [-0.2, 0) is 10.0 Å². The largest absolute Gasteiger partial charge is 0.398 e. The first-order chi connectivity index (χ1) is 6.95. The molecule has 4 nitrogen and oxygen atoms in total. The van der Waals surface area contributed by atoms with E-state index in [1.54, 1.807) is 12.3 Å². The van der Waals surface area contributed by atoms with Crippen molar-refractivity contribution in [3.8, 4) is 12.3 Å². The molecule has 1 aromatic rings. The minimum atomic E-state index is -3.47. The highest BCUT2D eigenvalue weighted by atomic mass is 32.2. The van der Waals surface area contributed by atoms with Crippen molar-refractivity contribution in [1.82, 2.24) is 4.72 Å². The van der Waals surface area contributed by atoms with Gasteiger partial charge in [-0.15, -0.1) is 23.7 Å². The van der Waals surface area contributed by atoms with Crippen molar-refractivity contribution in [3.63, 3.8) is 0 Å². The Hall–Kier alpha value is -1.03. The average molecular weight is 244 g/mol. The summed E-state index contributed by atoms with van der Waals surface area (Å²) < 4.78 is 26.1. The van der Waals surface area contributed by atoms with Crippen molar-refractivity contribution in [2.24, 2.45) is 0 Å². The van der Waals surface area contributed by atoms with Gasteiger partial charge in [0.05, 0.1) is 0 Å². The Balaban J connectivity index is 2.81. The van der Waals surface area contributed by atoms with E-state index in [4.69, 9.17) is 12.2 Å². The third kappa shape index (κ3) is 3.23. The van der Waals surface area contributed by atoms with E-state index in [1.807, 2.05) is 0 Å². The van der Waals surface area contributed by atoms with Gasteiger partial charge in [-0.25, -0.2) is 13.1 Å². The smallest absolute Gasteiger partial charge is 0.250 e. The van der Waals surface area contributed by atoms with Crippen LogP contribution < -0.4 is 10.5 Å². The van der Waals surface area contributed by atoms with Gasteiger partial charge in [-0.1, -0.05) is 0 Å². The molecule has 0 amide bonds. The highest BCUT2D eigenvalue weighted by Gasteiger charge is 2.18. The van der Waals surface area contributed by atoms with Gasteiger partial charge in [0.1, 0.15) is 4.21 Å². The molecule has 0 aliphatic rings. The first-order valence-electron chi connectivity index (χ1n) is 4.25. The molecule has 6 heteroatoms. The van der Waals surface area contributed by atoms with Gasteiger partial charge in [-0.05, 0) is 13.0 Å². The summed E-state index contributed by atoms with van der Waals surface area (Å²) in [5.41, 5.74) is 5.90. The van der Waals surface area contributed by atoms with Crippen molar-refractivity contribution in [1.29, 1.82) is 0 Å². The van der Waals surface area contributed by atoms with Crippen molar-refractivity contribution in [2.45, 2.75) is 23.6 Å². The molecule has 0 spiro atoms. The Morgan fingerprint density at radius 1 is 1.73 bits per heavy atom. The highest BCUT2D eigenvalue weighted by Crippen LogP contribution is 2.21. The van der Waals surface area contributed by atoms with Crippen LogP contribution in [0.2, 0.25) is 0 Å². The Morgan fingerprint density at radius 2 is 2.40 bits per heavy atom. The van der Waals surface area contributed by atoms with Gasteiger partial charge in [0.15, 0.2) is 0 Å². The quantitative estimate of drug-likeness (QED) is 0.777. The molecule has 0 bridgehead atoms. The monoisotopic (exact) mass is 244 g/mol. The second kappa shape index (κ2) is 4.66. The molecule has 0 fully saturated rings. The first kappa shape index (κ1) is 12.0. The number of terminal acetylenes is 1. The molecule has 0 aliphatic carbocycles. The summed E-state index contributed by atoms with van der Waals surface area (Å²) in [5, 5.41) is 1.58. The van der Waals surface area contributed by atoms with E-state index in [9.17, 15) is 8.42 Å². The maximum Gasteiger partial charge on any atom is 0.250 e. The lowest BCUT2D eigenvalue weighted by atomic mass is 10.3. The lowest BCUT2D eigenvalue weighted by Crippen LogP contribution is -2.31. The fraction of sp³-hybridized carbons (Fsp3) is 0.333. The zero-order chi connectivity index (χ0) is 11.5. The molecule has 82 valence electrons. The Labute approximate surface area is 93.5 Å². The number of rotatable bonds is 4. The zero-order valence-corrected chi connectivity index (χ0v) is 9.86. The van der Waals surface area contributed by atoms with Gasteiger partial charge in [-0.3, -0.25) is 0 Å². The van der Waals surface area contributed by atoms with E-state index in [-0.39, 0.29) is 10.3 Å². The summed E-state index contributed by atoms with van der Waals surface area (Å²) in [6.45, 7) is 1.72. The van der Waals surface area contributed by atoms with Gasteiger partial charge < -0.3 is 5.73 Å². The van der Waals surface area contributed by atoms with Crippen LogP contribution in [0.25, 0.3) is 0 Å². The topological polar surface area (TPSA) is 72.2 Å². The number of hydrogen-bond donors (Lipinski definition) is 2. The molecule has 1 rings (SSSR count). The molecule has 3 N–H and O–H groups in total. The van der Waals surface area contributed by atoms with Gasteiger partial charge in [-0.2, -0.15) is 0 Å². The number of hydrogen-bond acceptors (Lipinski definition) is 4. The molecule has 1 aromatic heterocycles. The van der Waals surface area contributed by atoms with Crippen molar-refractivity contribution in [3.05, 3.63) is 11.4 Å². The standard InChI is InChI=1S/C9H12N2O2S2/c1-3-4-7(2)11-15(12,13)9-5-8(10)6-14-9/h1,5-7,11H,4,10H2,2H3. The SMILES string of the molecule is C#CCC(C)NS(=O)(=O)c1cc(N)cs1. The molecule has 1 unspecified atom stereocenters. The first-order valence-corrected chi connectivity index (χ1v) is 6.62. The Morgan fingerprint density at radius 3 is 2.87 bits per heavy atom. The number of anilines is 1. The van der Waals surface area contributed by atoms with E-state index < -0.39 is 10.0 Å². The van der Waals surface area contributed by atoms with E-state index >= 15 is 0 Å². The van der Waals surface area contributed by atoms with E-state index in [1.165, 1.54) is 6.07 Å². The molecular formula is C9H12N2O2S2. The van der Waals surface area contributed by atoms with Crippen molar-refractivity contribution >= 4 is 27.0 Å². The summed E-state index contributed by atoms with van der Waals surface area (Å²) >= 11 is 1.09. The molecule has 0 saturated carbocycles. The van der Waals surface area contributed by atoms with Crippen LogP contribution in [-0.4, -0.2) is 14.5 Å². The predicted octanol–water partition coefficient (Wildman–Crippen LogP) is 1.02. The second-order valence-electron chi connectivity index (χ2n) is 3.13. The lowest BCUT2D eigenvalue weighted by molar-refractivity contribution is 0.565. The van der Waals surface area contributed by atoms with Crippen LogP contribution in [0.15, 0.2) is 15.7 Å². The molecule has 15 heavy (non-hydrogen) atoms. The van der Waals surface area contributed by atoms with E-state index in [0.29, 0.717) is 12.1 Å². The predicted molar refractivity (Wildman–Crippen MR) is 62.0 cm³/mol. The average Bonchev–Trinajstić information content (AvgIpc) is 2.51. The number of nitrogens with two attached hydrogens (primary N) is 1. The fourth-order valence-corrected chi connectivity index (χ4v) is 3.35. The summed E-state index contributed by atoms with van der Waals surface area (Å²) in [6, 6.07) is 1.15. The maximum absolute atomic E-state index is 11.7. The normalized spacial score (nSPS) is 13.3. The van der Waals surface area contributed by atoms with Gasteiger partial charge in [0.25, 0.3) is 0 Å². The van der Waals surface area contributed by atoms with Crippen LogP contribution in [0.4, 0.5) is 5.69 Å². The minimum absolute atomic E-state index is 0.212. The molecule has 0 aromatic carbocycles. The summed E-state index contributed by atoms with van der Waals surface area (Å²) in [5.74, 6) is 2.40. The van der Waals surface area contributed by atoms with Gasteiger partial charge in [0.2, 0.25) is 10.0 Å². The number of sulfonamides is 1. The number of nitrogen functional groups attached to an aromatic ring is 1. The summed E-state index contributed by atoms with van der Waals surface area (Å²) in [4.78, 5) is 0. The second-order valence-corrected chi connectivity index (χ2v) is 5.98. The fourth-order valence-electron chi connectivity index (χ4n) is 1.01. The van der Waals surface area contributed by atoms with Gasteiger partial charge >= 0.3 is 0 Å². The molecule has 0 aliphatic heterocycles. The van der Waals surface area contributed by atoms with E-state index in [0.717, 1.165) is 11.3 Å². The molecular weight excluding hydrogens is 232 g/mol. The minimum Gasteiger partial charge on any atom is -0.398 e. The summed E-state index contributed by atoms with van der Waals surface area (Å²) in [7, 11) is -3.47. The zero-order valence-electron chi connectivity index (χ0n) is 8.23. The molecule has 1 heterocycles. The maximum atomic E-state index is 11.7. The Kier molecular flexibility index (Phi) is 3.74. The lowest BCUT2D eigenvalue weighted by Gasteiger charge is -2.09. The molecule has 0 radical (unpaired) electrons. The van der Waals surface area contributed by atoms with Crippen LogP contribution in [0.5, 0.6) is 0 Å². The number of nitrogens with one attached hydrogen (secondary N) is 1. The number of thiophene rings is 1. The van der Waals surface area contributed by atoms with Crippen LogP contribution in [0, 0.1) is 12.3 Å². The van der Waals surface area contributed by atoms with Gasteiger partial charge in [0, 0.05) is 23.5 Å². The third-order valence-electron chi connectivity index (χ3n) is 1.64. The van der Waals surface area contributed by atoms with Crippen LogP contribution in [0.3, 0.4) is 0 Å². The van der Waals surface area contributed by atoms with Crippen LogP contribution >= 0.6 is 11.3 Å².